The van der Waals surface area contributed by atoms with Crippen molar-refractivity contribution in [2.45, 2.75) is 149 Å². The number of carbonyl (C=O) groups is 3. The normalized spacial score (nSPS) is 38.7. The second kappa shape index (κ2) is 19.9. The summed E-state index contributed by atoms with van der Waals surface area (Å²) in [5, 5.41) is 123. The lowest BCUT2D eigenvalue weighted by Gasteiger charge is -2.49. The molecule has 0 saturated carbocycles. The molecule has 4 saturated heterocycles. The van der Waals surface area contributed by atoms with Gasteiger partial charge in [0.2, 0.25) is 5.78 Å². The summed E-state index contributed by atoms with van der Waals surface area (Å²) in [4.78, 5) is 41.3. The number of benzene rings is 2. The van der Waals surface area contributed by atoms with Gasteiger partial charge in [0.05, 0.1) is 49.2 Å². The number of ketones is 3. The van der Waals surface area contributed by atoms with Crippen LogP contribution in [0.15, 0.2) is 18.2 Å². The minimum Gasteiger partial charge on any atom is -0.507 e. The maximum atomic E-state index is 14.2. The first-order chi connectivity index (χ1) is 32.0. The standard InChI is InChI=1S/C44H57NO22/c1-16-40(66-25-8-3-4-9-61-25)19(45-42-38(57)37(56)41(23(14-47)64-42)67-43-39(58)36(55)33(52)22(13-46)65-43)10-26(62-16)63-21-12-44(59,24(49)15-48)11-18-28(21)35(54)30-29(32(18)51)31(50)17-6-5-7-20(60-2)27(17)34(30)53/h5-7,16,19,21-23,25-26,33,36-43,45-48,51-52,54-59H,3-4,8-15H2,1-2H3/t16-,19-,21-,22-,23-,25+,26-,33+,36+,37-,38-,39-,40+,41-,42-,43+,44-/m0/s1. The number of methoxy groups -OCH3 is 1. The van der Waals surface area contributed by atoms with Gasteiger partial charge in [-0.05, 0) is 32.3 Å². The number of hydrogen-bond acceptors (Lipinski definition) is 23. The third-order valence-corrected chi connectivity index (χ3v) is 13.6. The van der Waals surface area contributed by atoms with Crippen LogP contribution in [0, 0.1) is 0 Å². The summed E-state index contributed by atoms with van der Waals surface area (Å²) in [6, 6.07) is 3.29. The van der Waals surface area contributed by atoms with E-state index in [0.29, 0.717) is 13.0 Å². The number of phenolic OH excluding ortho intramolecular Hbond substituents is 2. The highest BCUT2D eigenvalue weighted by atomic mass is 16.7. The lowest BCUT2D eigenvalue weighted by molar-refractivity contribution is -0.345. The predicted octanol–water partition coefficient (Wildman–Crippen LogP) is -3.19. The molecule has 0 aromatic heterocycles. The summed E-state index contributed by atoms with van der Waals surface area (Å²) in [6.07, 6.45) is -21.7. The van der Waals surface area contributed by atoms with Crippen molar-refractivity contribution < 1.29 is 108 Å². The Balaban J connectivity index is 1.10. The topological polar surface area (TPSA) is 360 Å². The Kier molecular flexibility index (Phi) is 14.7. The lowest BCUT2D eigenvalue weighted by atomic mass is 9.72. The van der Waals surface area contributed by atoms with E-state index in [1.807, 2.05) is 0 Å². The second-order valence-corrected chi connectivity index (χ2v) is 17.7. The van der Waals surface area contributed by atoms with Crippen molar-refractivity contribution in [3.05, 3.63) is 51.6 Å². The van der Waals surface area contributed by atoms with Crippen LogP contribution in [0.25, 0.3) is 0 Å². The summed E-state index contributed by atoms with van der Waals surface area (Å²) < 4.78 is 47.6. The van der Waals surface area contributed by atoms with Crippen molar-refractivity contribution in [2.75, 3.05) is 33.5 Å². The summed E-state index contributed by atoms with van der Waals surface area (Å²) in [5.41, 5.74) is -4.42. The molecular formula is C44H57NO22. The highest BCUT2D eigenvalue weighted by molar-refractivity contribution is 6.31. The molecule has 4 aliphatic heterocycles. The summed E-state index contributed by atoms with van der Waals surface area (Å²) in [7, 11) is 1.29. The van der Waals surface area contributed by atoms with Crippen LogP contribution in [-0.2, 0) is 44.4 Å². The highest BCUT2D eigenvalue weighted by Crippen LogP contribution is 2.53. The van der Waals surface area contributed by atoms with E-state index < -0.39 is 177 Å². The first-order valence-electron chi connectivity index (χ1n) is 22.1. The molecule has 23 heteroatoms. The molecule has 6 aliphatic rings. The van der Waals surface area contributed by atoms with E-state index in [9.17, 15) is 70.6 Å². The average Bonchev–Trinajstić information content (AvgIpc) is 3.32. The number of hydrogen-bond donors (Lipinski definition) is 12. The van der Waals surface area contributed by atoms with Crippen LogP contribution in [0.2, 0.25) is 0 Å². The Morgan fingerprint density at radius 1 is 0.806 bits per heavy atom. The average molecular weight is 952 g/mol. The molecule has 0 spiro atoms. The third kappa shape index (κ3) is 9.00. The van der Waals surface area contributed by atoms with Crippen LogP contribution in [-0.4, -0.2) is 205 Å². The number of nitrogens with one attached hydrogen (secondary N) is 1. The zero-order chi connectivity index (χ0) is 48.2. The van der Waals surface area contributed by atoms with Gasteiger partial charge in [0.15, 0.2) is 30.4 Å². The zero-order valence-corrected chi connectivity index (χ0v) is 36.5. The van der Waals surface area contributed by atoms with Crippen LogP contribution >= 0.6 is 0 Å². The van der Waals surface area contributed by atoms with E-state index in [-0.39, 0.29) is 34.4 Å². The van der Waals surface area contributed by atoms with E-state index in [2.05, 4.69) is 5.32 Å². The molecule has 4 fully saturated rings. The number of aliphatic hydroxyl groups excluding tert-OH is 8. The lowest BCUT2D eigenvalue weighted by Crippen LogP contribution is -2.68. The van der Waals surface area contributed by atoms with Crippen LogP contribution in [0.1, 0.15) is 88.1 Å². The summed E-state index contributed by atoms with van der Waals surface area (Å²) in [6.45, 7) is -0.698. The van der Waals surface area contributed by atoms with E-state index in [1.54, 1.807) is 6.92 Å². The second-order valence-electron chi connectivity index (χ2n) is 17.7. The number of ether oxygens (including phenoxy) is 8. The molecule has 370 valence electrons. The van der Waals surface area contributed by atoms with Crippen molar-refractivity contribution in [3.8, 4) is 17.2 Å². The fraction of sp³-hybridized carbons (Fsp3) is 0.659. The Morgan fingerprint density at radius 2 is 1.54 bits per heavy atom. The van der Waals surface area contributed by atoms with Gasteiger partial charge in [-0.25, -0.2) is 0 Å². The number of aromatic hydroxyl groups is 2. The van der Waals surface area contributed by atoms with Crippen molar-refractivity contribution >= 4 is 17.3 Å². The van der Waals surface area contributed by atoms with Gasteiger partial charge in [-0.1, -0.05) is 12.1 Å². The molecule has 4 heterocycles. The molecule has 17 atom stereocenters. The van der Waals surface area contributed by atoms with Gasteiger partial charge in [-0.3, -0.25) is 19.7 Å². The quantitative estimate of drug-likeness (QED) is 0.0751. The number of phenols is 2. The molecule has 0 amide bonds. The van der Waals surface area contributed by atoms with Crippen LogP contribution < -0.4 is 10.1 Å². The first kappa shape index (κ1) is 49.6. The Labute approximate surface area is 382 Å². The van der Waals surface area contributed by atoms with Crippen LogP contribution in [0.4, 0.5) is 0 Å². The molecule has 8 rings (SSSR count). The van der Waals surface area contributed by atoms with Gasteiger partial charge < -0.3 is 94.1 Å². The Morgan fingerprint density at radius 3 is 2.21 bits per heavy atom. The molecule has 2 aromatic carbocycles. The van der Waals surface area contributed by atoms with Crippen LogP contribution in [0.5, 0.6) is 17.2 Å². The van der Waals surface area contributed by atoms with Crippen molar-refractivity contribution in [1.29, 1.82) is 0 Å². The Hall–Kier alpha value is -3.83. The number of carbonyl (C=O) groups excluding carboxylic acids is 3. The molecule has 12 N–H and O–H groups in total. The fourth-order valence-corrected chi connectivity index (χ4v) is 10.0. The number of rotatable bonds is 13. The van der Waals surface area contributed by atoms with Crippen LogP contribution in [0.3, 0.4) is 0 Å². The molecule has 23 nitrogen and oxygen atoms in total. The van der Waals surface area contributed by atoms with Gasteiger partial charge in [0, 0.05) is 48.6 Å². The van der Waals surface area contributed by atoms with Crippen molar-refractivity contribution in [2.24, 2.45) is 0 Å². The van der Waals surface area contributed by atoms with Crippen molar-refractivity contribution in [3.63, 3.8) is 0 Å². The molecule has 2 aliphatic carbocycles. The van der Waals surface area contributed by atoms with E-state index in [4.69, 9.17) is 37.9 Å². The summed E-state index contributed by atoms with van der Waals surface area (Å²) >= 11 is 0. The van der Waals surface area contributed by atoms with Gasteiger partial charge in [-0.15, -0.1) is 0 Å². The minimum atomic E-state index is -2.43. The van der Waals surface area contributed by atoms with E-state index >= 15 is 0 Å². The maximum Gasteiger partial charge on any atom is 0.202 e. The maximum absolute atomic E-state index is 14.2. The largest absolute Gasteiger partial charge is 0.507 e. The smallest absolute Gasteiger partial charge is 0.202 e. The summed E-state index contributed by atoms with van der Waals surface area (Å²) in [5.74, 6) is -4.35. The first-order valence-corrected chi connectivity index (χ1v) is 22.1. The zero-order valence-electron chi connectivity index (χ0n) is 36.5. The predicted molar refractivity (Wildman–Crippen MR) is 220 cm³/mol. The third-order valence-electron chi connectivity index (χ3n) is 13.6. The number of fused-ring (bicyclic) bond motifs is 3. The highest BCUT2D eigenvalue weighted by Gasteiger charge is 2.54. The van der Waals surface area contributed by atoms with E-state index in [1.165, 1.54) is 25.3 Å². The van der Waals surface area contributed by atoms with E-state index in [0.717, 1.165) is 12.8 Å². The molecular weight excluding hydrogens is 894 g/mol. The number of aliphatic hydroxyl groups is 9. The van der Waals surface area contributed by atoms with Gasteiger partial charge in [0.25, 0.3) is 0 Å². The minimum absolute atomic E-state index is 0.0223. The molecule has 2 aromatic rings. The molecule has 0 unspecified atom stereocenters. The number of Topliss-reactive ketones (excluding diaryl/α,β-unsaturated/α-hetero) is 1. The molecule has 0 radical (unpaired) electrons. The van der Waals surface area contributed by atoms with Gasteiger partial charge in [0.1, 0.15) is 90.6 Å². The fourth-order valence-electron chi connectivity index (χ4n) is 10.0. The monoisotopic (exact) mass is 951 g/mol. The Bertz CT molecular complexity index is 2170. The van der Waals surface area contributed by atoms with Crippen molar-refractivity contribution in [1.82, 2.24) is 5.32 Å². The molecule has 67 heavy (non-hydrogen) atoms. The van der Waals surface area contributed by atoms with Gasteiger partial charge >= 0.3 is 0 Å². The SMILES string of the molecule is COc1cccc2c1C(=O)c1c(O)c3c(c(O)c1C2=O)C[C@@](O)(C(=O)CO)C[C@@H]3O[C@H]1C[C@H](N[C@H]2O[C@@H](CO)[C@H](O[C@H]3O[C@@H](CO)[C@@H](O)[C@@H](O)[C@@H]3O)[C@@H](O)[C@@H]2O)[C@H](O[C@@H]2CCCCO2)[C@H](C)O1. The van der Waals surface area contributed by atoms with Gasteiger partial charge in [-0.2, -0.15) is 0 Å². The molecule has 0 bridgehead atoms.